The van der Waals surface area contributed by atoms with Crippen LogP contribution in [-0.2, 0) is 4.79 Å². The first-order chi connectivity index (χ1) is 13.9. The van der Waals surface area contributed by atoms with Gasteiger partial charge in [-0.05, 0) is 49.9 Å². The van der Waals surface area contributed by atoms with Crippen LogP contribution in [0.1, 0.15) is 45.1 Å². The van der Waals surface area contributed by atoms with Crippen LogP contribution in [0.25, 0.3) is 0 Å². The highest BCUT2D eigenvalue weighted by molar-refractivity contribution is 5.95. The van der Waals surface area contributed by atoms with Crippen molar-refractivity contribution >= 4 is 42.4 Å². The van der Waals surface area contributed by atoms with Gasteiger partial charge in [-0.2, -0.15) is 0 Å². The second-order valence-corrected chi connectivity index (χ2v) is 7.99. The largest absolute Gasteiger partial charge is 0.355 e. The molecule has 1 atom stereocenters. The van der Waals surface area contributed by atoms with Crippen LogP contribution in [-0.4, -0.2) is 59.4 Å². The van der Waals surface area contributed by atoms with Gasteiger partial charge in [0.05, 0.1) is 17.2 Å². The van der Waals surface area contributed by atoms with Gasteiger partial charge in [0.15, 0.2) is 0 Å². The van der Waals surface area contributed by atoms with Gasteiger partial charge in [-0.15, -0.1) is 24.8 Å². The summed E-state index contributed by atoms with van der Waals surface area (Å²) in [5, 5.41) is 2.84. The van der Waals surface area contributed by atoms with Crippen LogP contribution in [0.3, 0.4) is 0 Å². The Labute approximate surface area is 195 Å². The molecule has 7 nitrogen and oxygen atoms in total. The van der Waals surface area contributed by atoms with E-state index in [4.69, 9.17) is 0 Å². The van der Waals surface area contributed by atoms with Crippen molar-refractivity contribution < 1.29 is 9.59 Å². The first kappa shape index (κ1) is 24.9. The Morgan fingerprint density at radius 2 is 1.71 bits per heavy atom. The van der Waals surface area contributed by atoms with Crippen molar-refractivity contribution in [3.63, 3.8) is 0 Å². The summed E-state index contributed by atoms with van der Waals surface area (Å²) < 4.78 is 0. The second-order valence-electron chi connectivity index (χ2n) is 7.99. The van der Waals surface area contributed by atoms with Gasteiger partial charge in [0.2, 0.25) is 5.91 Å². The Kier molecular flexibility index (Phi) is 8.26. The normalized spacial score (nSPS) is 18.2. The fourth-order valence-electron chi connectivity index (χ4n) is 4.20. The smallest absolute Gasteiger partial charge is 0.255 e. The molecular weight excluding hydrogens is 437 g/mol. The summed E-state index contributed by atoms with van der Waals surface area (Å²) >= 11 is 0. The molecule has 0 bridgehead atoms. The highest BCUT2D eigenvalue weighted by atomic mass is 35.5. The molecule has 1 unspecified atom stereocenters. The molecule has 4 rings (SSSR count). The molecule has 2 aromatic rings. The van der Waals surface area contributed by atoms with E-state index in [0.717, 1.165) is 47.7 Å². The molecule has 0 aliphatic carbocycles. The lowest BCUT2D eigenvalue weighted by Gasteiger charge is -2.36. The van der Waals surface area contributed by atoms with Gasteiger partial charge in [-0.25, -0.2) is 4.98 Å². The van der Waals surface area contributed by atoms with Gasteiger partial charge in [-0.3, -0.25) is 14.6 Å². The van der Waals surface area contributed by atoms with Gasteiger partial charge in [0.25, 0.3) is 5.91 Å². The van der Waals surface area contributed by atoms with E-state index in [2.05, 4.69) is 33.2 Å². The highest BCUT2D eigenvalue weighted by Gasteiger charge is 2.29. The van der Waals surface area contributed by atoms with E-state index in [-0.39, 0.29) is 42.5 Å². The molecule has 0 spiro atoms. The average molecular weight is 466 g/mol. The summed E-state index contributed by atoms with van der Waals surface area (Å²) in [6.07, 6.45) is 4.28. The van der Waals surface area contributed by atoms with E-state index in [1.807, 2.05) is 31.0 Å². The first-order valence-electron chi connectivity index (χ1n) is 10.2. The zero-order valence-electron chi connectivity index (χ0n) is 18.1. The third kappa shape index (κ3) is 5.10. The zero-order valence-corrected chi connectivity index (χ0v) is 19.7. The maximum Gasteiger partial charge on any atom is 0.255 e. The number of halogens is 2. The molecule has 2 aliphatic rings. The van der Waals surface area contributed by atoms with Crippen molar-refractivity contribution in [2.24, 2.45) is 0 Å². The third-order valence-electron chi connectivity index (χ3n) is 5.82. The first-order valence-corrected chi connectivity index (χ1v) is 10.2. The molecule has 0 radical (unpaired) electrons. The number of nitrogens with zero attached hydrogens (tertiary/aromatic N) is 4. The highest BCUT2D eigenvalue weighted by Crippen LogP contribution is 2.24. The molecular formula is C22H29Cl2N5O2. The summed E-state index contributed by atoms with van der Waals surface area (Å²) in [5.41, 5.74) is 4.56. The Morgan fingerprint density at radius 1 is 1.00 bits per heavy atom. The van der Waals surface area contributed by atoms with Gasteiger partial charge in [0, 0.05) is 45.1 Å². The lowest BCUT2D eigenvalue weighted by Crippen LogP contribution is -2.49. The van der Waals surface area contributed by atoms with Crippen molar-refractivity contribution in [1.82, 2.24) is 20.2 Å². The predicted octanol–water partition coefficient (Wildman–Crippen LogP) is 2.81. The molecule has 2 amide bonds. The molecule has 31 heavy (non-hydrogen) atoms. The monoisotopic (exact) mass is 465 g/mol. The van der Waals surface area contributed by atoms with Gasteiger partial charge < -0.3 is 15.1 Å². The molecule has 2 aliphatic heterocycles. The summed E-state index contributed by atoms with van der Waals surface area (Å²) in [6.45, 7) is 9.55. The molecule has 0 saturated carbocycles. The maximum absolute atomic E-state index is 13.0. The molecule has 4 heterocycles. The van der Waals surface area contributed by atoms with E-state index in [9.17, 15) is 9.59 Å². The lowest BCUT2D eigenvalue weighted by atomic mass is 10.00. The number of carbonyl (C=O) groups excluding carboxylic acids is 2. The summed E-state index contributed by atoms with van der Waals surface area (Å²) in [6, 6.07) is 4.03. The maximum atomic E-state index is 13.0. The molecule has 0 aromatic carbocycles. The number of anilines is 1. The van der Waals surface area contributed by atoms with E-state index in [1.54, 1.807) is 6.20 Å². The van der Waals surface area contributed by atoms with E-state index in [1.165, 1.54) is 0 Å². The van der Waals surface area contributed by atoms with Crippen LogP contribution in [0.4, 0.5) is 5.82 Å². The molecule has 1 N–H and O–H groups in total. The Bertz CT molecular complexity index is 961. The number of rotatable bonds is 3. The van der Waals surface area contributed by atoms with Crippen molar-refractivity contribution in [1.29, 1.82) is 0 Å². The third-order valence-corrected chi connectivity index (χ3v) is 5.82. The van der Waals surface area contributed by atoms with Gasteiger partial charge >= 0.3 is 0 Å². The quantitative estimate of drug-likeness (QED) is 0.753. The fourth-order valence-corrected chi connectivity index (χ4v) is 4.20. The molecule has 2 fully saturated rings. The SMILES string of the molecule is Cc1cnc(N2CCN(C(=O)c3cnc(C4CCNC4=O)cc3C)CC2)c(C)c1.Cl.Cl. The fraction of sp³-hybridized carbons (Fsp3) is 0.455. The second kappa shape index (κ2) is 10.3. The van der Waals surface area contributed by atoms with E-state index >= 15 is 0 Å². The topological polar surface area (TPSA) is 78.4 Å². The van der Waals surface area contributed by atoms with Gasteiger partial charge in [0.1, 0.15) is 5.82 Å². The number of nitrogens with one attached hydrogen (secondary N) is 1. The van der Waals surface area contributed by atoms with Crippen LogP contribution in [0.15, 0.2) is 24.5 Å². The number of aromatic nitrogens is 2. The van der Waals surface area contributed by atoms with Crippen LogP contribution in [0, 0.1) is 20.8 Å². The van der Waals surface area contributed by atoms with E-state index in [0.29, 0.717) is 25.2 Å². The Morgan fingerprint density at radius 3 is 2.29 bits per heavy atom. The lowest BCUT2D eigenvalue weighted by molar-refractivity contribution is -0.120. The molecule has 2 aromatic heterocycles. The predicted molar refractivity (Wildman–Crippen MR) is 126 cm³/mol. The molecule has 9 heteroatoms. The molecule has 2 saturated heterocycles. The minimum absolute atomic E-state index is 0. The molecule has 168 valence electrons. The number of amides is 2. The summed E-state index contributed by atoms with van der Waals surface area (Å²) in [5.74, 6) is 0.823. The van der Waals surface area contributed by atoms with Crippen LogP contribution in [0.2, 0.25) is 0 Å². The minimum atomic E-state index is -0.202. The number of carbonyl (C=O) groups is 2. The number of piperazine rings is 1. The van der Waals surface area contributed by atoms with E-state index < -0.39 is 0 Å². The van der Waals surface area contributed by atoms with Crippen molar-refractivity contribution in [3.8, 4) is 0 Å². The number of pyridine rings is 2. The Hall–Kier alpha value is -2.38. The summed E-state index contributed by atoms with van der Waals surface area (Å²) in [7, 11) is 0. The van der Waals surface area contributed by atoms with Crippen LogP contribution >= 0.6 is 24.8 Å². The Balaban J connectivity index is 0.00000171. The number of aryl methyl sites for hydroxylation is 3. The van der Waals surface area contributed by atoms with Gasteiger partial charge in [-0.1, -0.05) is 6.07 Å². The average Bonchev–Trinajstić information content (AvgIpc) is 3.13. The van der Waals surface area contributed by atoms with Crippen LogP contribution < -0.4 is 10.2 Å². The van der Waals surface area contributed by atoms with Crippen molar-refractivity contribution in [2.45, 2.75) is 33.1 Å². The zero-order chi connectivity index (χ0) is 20.5. The van der Waals surface area contributed by atoms with Crippen molar-refractivity contribution in [2.75, 3.05) is 37.6 Å². The number of hydrogen-bond donors (Lipinski definition) is 1. The van der Waals surface area contributed by atoms with Crippen molar-refractivity contribution in [3.05, 3.63) is 52.5 Å². The standard InChI is InChI=1S/C22H27N5O2.2ClH/c1-14-10-16(3)20(25-12-14)26-6-8-27(9-7-26)22(29)18-13-24-19(11-15(18)2)17-4-5-23-21(17)28;;/h10-13,17H,4-9H2,1-3H3,(H,23,28);2*1H. The summed E-state index contributed by atoms with van der Waals surface area (Å²) in [4.78, 5) is 38.1. The number of hydrogen-bond acceptors (Lipinski definition) is 5. The minimum Gasteiger partial charge on any atom is -0.355 e. The van der Waals surface area contributed by atoms with Crippen LogP contribution in [0.5, 0.6) is 0 Å².